The second-order valence-corrected chi connectivity index (χ2v) is 7.30. The highest BCUT2D eigenvalue weighted by Gasteiger charge is 2.21. The Bertz CT molecular complexity index is 622. The molecule has 0 saturated carbocycles. The van der Waals surface area contributed by atoms with Crippen LogP contribution in [-0.2, 0) is 14.6 Å². The van der Waals surface area contributed by atoms with Gasteiger partial charge in [0.05, 0.1) is 22.8 Å². The molecule has 0 aromatic heterocycles. The Kier molecular flexibility index (Phi) is 5.86. The van der Waals surface area contributed by atoms with Crippen molar-refractivity contribution in [1.82, 2.24) is 0 Å². The van der Waals surface area contributed by atoms with Crippen LogP contribution in [-0.4, -0.2) is 38.5 Å². The molecule has 1 aromatic carbocycles. The minimum Gasteiger partial charge on any atom is -0.478 e. The van der Waals surface area contributed by atoms with Crippen molar-refractivity contribution in [2.45, 2.75) is 25.7 Å². The monoisotopic (exact) mass is 318 g/mol. The number of carbonyl (C=O) groups is 1. The standard InChI is InChI=1S/C14H19FO5S/c1-9(2)8-20-4-5-21(18,19)11-6-10(3)13(15)12(7-11)14(16)17/h6-7,9H,4-5,8H2,1-3H3,(H,16,17). The molecule has 0 unspecified atom stereocenters. The van der Waals surface area contributed by atoms with Crippen molar-refractivity contribution < 1.29 is 27.4 Å². The summed E-state index contributed by atoms with van der Waals surface area (Å²) < 4.78 is 43.1. The highest BCUT2D eigenvalue weighted by molar-refractivity contribution is 7.91. The second kappa shape index (κ2) is 7.00. The van der Waals surface area contributed by atoms with E-state index < -0.39 is 27.2 Å². The Balaban J connectivity index is 2.96. The van der Waals surface area contributed by atoms with E-state index in [4.69, 9.17) is 9.84 Å². The molecule has 7 heteroatoms. The number of sulfone groups is 1. The summed E-state index contributed by atoms with van der Waals surface area (Å²) in [6, 6.07) is 1.99. The molecule has 0 aliphatic rings. The van der Waals surface area contributed by atoms with Crippen LogP contribution in [0.4, 0.5) is 4.39 Å². The smallest absolute Gasteiger partial charge is 0.338 e. The van der Waals surface area contributed by atoms with Gasteiger partial charge in [0.1, 0.15) is 5.82 Å². The Morgan fingerprint density at radius 1 is 1.38 bits per heavy atom. The second-order valence-electron chi connectivity index (χ2n) is 5.19. The van der Waals surface area contributed by atoms with Crippen LogP contribution in [0.2, 0.25) is 0 Å². The van der Waals surface area contributed by atoms with Gasteiger partial charge in [-0.05, 0) is 30.5 Å². The molecule has 1 rings (SSSR count). The van der Waals surface area contributed by atoms with Gasteiger partial charge in [0.25, 0.3) is 0 Å². The average molecular weight is 318 g/mol. The van der Waals surface area contributed by atoms with Crippen molar-refractivity contribution in [2.75, 3.05) is 19.0 Å². The number of hydrogen-bond donors (Lipinski definition) is 1. The van der Waals surface area contributed by atoms with Gasteiger partial charge in [-0.15, -0.1) is 0 Å². The van der Waals surface area contributed by atoms with Gasteiger partial charge in [-0.25, -0.2) is 17.6 Å². The van der Waals surface area contributed by atoms with Crippen LogP contribution in [0.3, 0.4) is 0 Å². The maximum Gasteiger partial charge on any atom is 0.338 e. The number of hydrogen-bond acceptors (Lipinski definition) is 4. The summed E-state index contributed by atoms with van der Waals surface area (Å²) >= 11 is 0. The number of carboxylic acids is 1. The van der Waals surface area contributed by atoms with Crippen LogP contribution in [0.15, 0.2) is 17.0 Å². The van der Waals surface area contributed by atoms with E-state index in [1.165, 1.54) is 6.92 Å². The van der Waals surface area contributed by atoms with Gasteiger partial charge in [-0.1, -0.05) is 13.8 Å². The van der Waals surface area contributed by atoms with Crippen LogP contribution < -0.4 is 0 Å². The minimum absolute atomic E-state index is 0.0132. The van der Waals surface area contributed by atoms with Gasteiger partial charge in [-0.3, -0.25) is 0 Å². The third-order valence-corrected chi connectivity index (χ3v) is 4.42. The van der Waals surface area contributed by atoms with Crippen molar-refractivity contribution in [3.8, 4) is 0 Å². The lowest BCUT2D eigenvalue weighted by Gasteiger charge is -2.10. The van der Waals surface area contributed by atoms with Crippen molar-refractivity contribution in [1.29, 1.82) is 0 Å². The quantitative estimate of drug-likeness (QED) is 0.616. The van der Waals surface area contributed by atoms with E-state index in [0.717, 1.165) is 12.1 Å². The predicted octanol–water partition coefficient (Wildman–Crippen LogP) is 2.28. The van der Waals surface area contributed by atoms with Gasteiger partial charge < -0.3 is 9.84 Å². The van der Waals surface area contributed by atoms with E-state index in [2.05, 4.69) is 0 Å². The Hall–Kier alpha value is -1.47. The van der Waals surface area contributed by atoms with Crippen molar-refractivity contribution >= 4 is 15.8 Å². The number of halogens is 1. The molecule has 0 saturated heterocycles. The fourth-order valence-electron chi connectivity index (χ4n) is 1.68. The van der Waals surface area contributed by atoms with E-state index in [1.807, 2.05) is 13.8 Å². The fourth-order valence-corrected chi connectivity index (χ4v) is 2.90. The molecule has 1 aromatic rings. The molecule has 1 N–H and O–H groups in total. The predicted molar refractivity (Wildman–Crippen MR) is 75.8 cm³/mol. The number of carboxylic acid groups (broad SMARTS) is 1. The summed E-state index contributed by atoms with van der Waals surface area (Å²) in [5.41, 5.74) is -0.659. The zero-order valence-corrected chi connectivity index (χ0v) is 13.0. The van der Waals surface area contributed by atoms with Crippen molar-refractivity contribution in [3.63, 3.8) is 0 Å². The molecule has 118 valence electrons. The molecular weight excluding hydrogens is 299 g/mol. The summed E-state index contributed by atoms with van der Waals surface area (Å²) in [5.74, 6) is -2.40. The molecule has 0 atom stereocenters. The van der Waals surface area contributed by atoms with Crippen LogP contribution in [0, 0.1) is 18.7 Å². The zero-order chi connectivity index (χ0) is 16.2. The van der Waals surface area contributed by atoms with Crippen LogP contribution >= 0.6 is 0 Å². The molecule has 0 bridgehead atoms. The number of ether oxygens (including phenoxy) is 1. The molecule has 0 aliphatic carbocycles. The maximum absolute atomic E-state index is 13.6. The van der Waals surface area contributed by atoms with Gasteiger partial charge in [0.15, 0.2) is 9.84 Å². The van der Waals surface area contributed by atoms with E-state index in [-0.39, 0.29) is 22.8 Å². The van der Waals surface area contributed by atoms with E-state index in [9.17, 15) is 17.6 Å². The summed E-state index contributed by atoms with van der Waals surface area (Å²) in [5, 5.41) is 8.90. The van der Waals surface area contributed by atoms with Gasteiger partial charge >= 0.3 is 5.97 Å². The number of aryl methyl sites for hydroxylation is 1. The molecule has 0 spiro atoms. The Labute approximate surface area is 123 Å². The van der Waals surface area contributed by atoms with Gasteiger partial charge in [0.2, 0.25) is 0 Å². The molecule has 0 heterocycles. The lowest BCUT2D eigenvalue weighted by Crippen LogP contribution is -2.16. The normalized spacial score (nSPS) is 11.9. The summed E-state index contributed by atoms with van der Waals surface area (Å²) in [7, 11) is -3.71. The first kappa shape index (κ1) is 17.6. The number of benzene rings is 1. The number of aromatic carboxylic acids is 1. The lowest BCUT2D eigenvalue weighted by atomic mass is 10.1. The largest absolute Gasteiger partial charge is 0.478 e. The molecule has 21 heavy (non-hydrogen) atoms. The third kappa shape index (κ3) is 4.78. The molecule has 0 radical (unpaired) electrons. The van der Waals surface area contributed by atoms with E-state index in [0.29, 0.717) is 12.5 Å². The highest BCUT2D eigenvalue weighted by Crippen LogP contribution is 2.20. The maximum atomic E-state index is 13.6. The van der Waals surface area contributed by atoms with E-state index >= 15 is 0 Å². The minimum atomic E-state index is -3.71. The van der Waals surface area contributed by atoms with Crippen LogP contribution in [0.25, 0.3) is 0 Å². The summed E-state index contributed by atoms with van der Waals surface area (Å²) in [4.78, 5) is 10.7. The third-order valence-electron chi connectivity index (χ3n) is 2.77. The topological polar surface area (TPSA) is 80.7 Å². The first-order valence-electron chi connectivity index (χ1n) is 6.49. The fraction of sp³-hybridized carbons (Fsp3) is 0.500. The SMILES string of the molecule is Cc1cc(S(=O)(=O)CCOCC(C)C)cc(C(=O)O)c1F. The molecule has 0 amide bonds. The summed E-state index contributed by atoms with van der Waals surface area (Å²) in [6.07, 6.45) is 0. The number of rotatable bonds is 7. The highest BCUT2D eigenvalue weighted by atomic mass is 32.2. The molecule has 0 aliphatic heterocycles. The Morgan fingerprint density at radius 3 is 2.52 bits per heavy atom. The molecular formula is C14H19FO5S. The average Bonchev–Trinajstić information content (AvgIpc) is 2.37. The zero-order valence-electron chi connectivity index (χ0n) is 12.2. The molecule has 5 nitrogen and oxygen atoms in total. The lowest BCUT2D eigenvalue weighted by molar-refractivity contribution is 0.0691. The van der Waals surface area contributed by atoms with Gasteiger partial charge in [-0.2, -0.15) is 0 Å². The van der Waals surface area contributed by atoms with Crippen LogP contribution in [0.1, 0.15) is 29.8 Å². The van der Waals surface area contributed by atoms with Crippen molar-refractivity contribution in [3.05, 3.63) is 29.1 Å². The van der Waals surface area contributed by atoms with Crippen LogP contribution in [0.5, 0.6) is 0 Å². The van der Waals surface area contributed by atoms with Crippen molar-refractivity contribution in [2.24, 2.45) is 5.92 Å². The first-order valence-corrected chi connectivity index (χ1v) is 8.14. The Morgan fingerprint density at radius 2 is 2.00 bits per heavy atom. The van der Waals surface area contributed by atoms with E-state index in [1.54, 1.807) is 0 Å². The molecule has 0 fully saturated rings. The summed E-state index contributed by atoms with van der Waals surface area (Å²) in [6.45, 7) is 5.67. The first-order chi connectivity index (χ1) is 9.65. The van der Waals surface area contributed by atoms with Gasteiger partial charge in [0, 0.05) is 6.61 Å².